The monoisotopic (exact) mass is 701 g/mol. The molecule has 4 atom stereocenters. The number of likely N-dealkylation sites (tertiary alicyclic amines) is 1. The first-order valence-electron chi connectivity index (χ1n) is 17.0. The second kappa shape index (κ2) is 22.8. The Labute approximate surface area is 288 Å². The number of unbranched alkanes of at least 4 members (excludes halogenated alkanes) is 6. The van der Waals surface area contributed by atoms with E-state index in [0.29, 0.717) is 41.4 Å². The smallest absolute Gasteiger partial charge is 0.255 e. The number of anilines is 1. The molecule has 1 heterocycles. The van der Waals surface area contributed by atoms with Gasteiger partial charge in [-0.15, -0.1) is 0 Å². The van der Waals surface area contributed by atoms with E-state index in [0.717, 1.165) is 77.4 Å². The van der Waals surface area contributed by atoms with Crippen LogP contribution in [0.15, 0.2) is 12.1 Å². The highest BCUT2D eigenvalue weighted by molar-refractivity contribution is 6.33. The van der Waals surface area contributed by atoms with Crippen LogP contribution in [0, 0.1) is 0 Å². The zero-order valence-corrected chi connectivity index (χ0v) is 28.8. The minimum atomic E-state index is -1.73. The third kappa shape index (κ3) is 15.2. The van der Waals surface area contributed by atoms with Crippen molar-refractivity contribution in [3.8, 4) is 5.75 Å². The summed E-state index contributed by atoms with van der Waals surface area (Å²) in [6, 6.07) is 3.17. The summed E-state index contributed by atoms with van der Waals surface area (Å²) in [5.41, 5.74) is 6.55. The lowest BCUT2D eigenvalue weighted by molar-refractivity contribution is -0.126. The number of nitrogens with zero attached hydrogens (tertiary/aromatic N) is 1. The number of nitrogens with one attached hydrogen (secondary N) is 3. The summed E-state index contributed by atoms with van der Waals surface area (Å²) >= 11 is 6.10. The summed E-state index contributed by atoms with van der Waals surface area (Å²) in [4.78, 5) is 39.3. The molecule has 3 amide bonds. The van der Waals surface area contributed by atoms with Crippen LogP contribution in [0.25, 0.3) is 0 Å². The van der Waals surface area contributed by atoms with Gasteiger partial charge in [0.05, 0.1) is 36.1 Å². The number of methoxy groups -OCH3 is 1. The van der Waals surface area contributed by atoms with Crippen molar-refractivity contribution >= 4 is 35.0 Å². The largest absolute Gasteiger partial charge is 0.496 e. The zero-order chi connectivity index (χ0) is 35.5. The maximum absolute atomic E-state index is 12.8. The summed E-state index contributed by atoms with van der Waals surface area (Å²) in [5, 5.41) is 56.2. The van der Waals surface area contributed by atoms with Gasteiger partial charge in [-0.25, -0.2) is 0 Å². The predicted octanol–water partition coefficient (Wildman–Crippen LogP) is 0.694. The Bertz CT molecular complexity index is 1120. The molecule has 0 aromatic heterocycles. The van der Waals surface area contributed by atoms with Gasteiger partial charge in [0.15, 0.2) is 0 Å². The van der Waals surface area contributed by atoms with E-state index in [1.54, 1.807) is 6.07 Å². The van der Waals surface area contributed by atoms with E-state index in [4.69, 9.17) is 27.2 Å². The fourth-order valence-corrected chi connectivity index (χ4v) is 5.69. The summed E-state index contributed by atoms with van der Waals surface area (Å²) < 4.78 is 5.29. The van der Waals surface area contributed by atoms with Crippen LogP contribution < -0.4 is 26.4 Å². The summed E-state index contributed by atoms with van der Waals surface area (Å²) in [6.45, 7) is 2.35. The summed E-state index contributed by atoms with van der Waals surface area (Å²) in [6.07, 6.45) is 3.05. The molecule has 48 heavy (non-hydrogen) atoms. The molecule has 2 rings (SSSR count). The number of nitrogens with two attached hydrogens (primary N) is 1. The number of hydrogen-bond acceptors (Lipinski definition) is 11. The van der Waals surface area contributed by atoms with Crippen molar-refractivity contribution in [2.24, 2.45) is 0 Å². The number of ether oxygens (including phenoxy) is 1. The van der Waals surface area contributed by atoms with Gasteiger partial charge >= 0.3 is 0 Å². The number of benzene rings is 1. The van der Waals surface area contributed by atoms with Gasteiger partial charge in [0.25, 0.3) is 5.91 Å². The van der Waals surface area contributed by atoms with Crippen LogP contribution in [0.4, 0.5) is 5.69 Å². The zero-order valence-electron chi connectivity index (χ0n) is 28.0. The number of amides is 3. The molecular weight excluding hydrogens is 646 g/mol. The molecule has 1 aromatic carbocycles. The minimum Gasteiger partial charge on any atom is -0.496 e. The standard InChI is InChI=1S/C33H56ClN5O9/c1-48-28-19-25(35)24(34)18-23(28)33(47)38-22-12-16-39(17-13-22)15-9-5-7-10-29(43)36-14-8-4-2-3-6-11-30(44)37-20-26(41)31(45)32(46)27(42)21-40/h18-19,22,26-27,31-32,40-42,45-46H,2-17,20-21,35H2,1H3,(H,36,43)(H,37,44)(H,38,47)/t26-,27+,31+,32+/m0/s1. The normalized spacial score (nSPS) is 16.5. The Morgan fingerprint density at radius 1 is 0.896 bits per heavy atom. The van der Waals surface area contributed by atoms with E-state index in [1.807, 2.05) is 0 Å². The van der Waals surface area contributed by atoms with Gasteiger partial charge in [0.2, 0.25) is 11.8 Å². The van der Waals surface area contributed by atoms with Crippen LogP contribution in [0.1, 0.15) is 87.4 Å². The Morgan fingerprint density at radius 3 is 2.12 bits per heavy atom. The van der Waals surface area contributed by atoms with Crippen LogP contribution in [0.3, 0.4) is 0 Å². The van der Waals surface area contributed by atoms with E-state index in [1.165, 1.54) is 13.2 Å². The first-order chi connectivity index (χ1) is 23.0. The number of halogens is 1. The third-order valence-corrected chi connectivity index (χ3v) is 8.93. The third-order valence-electron chi connectivity index (χ3n) is 8.60. The number of piperidine rings is 1. The Kier molecular flexibility index (Phi) is 19.7. The molecule has 1 aromatic rings. The van der Waals surface area contributed by atoms with Crippen LogP contribution >= 0.6 is 11.6 Å². The van der Waals surface area contributed by atoms with Gasteiger partial charge in [-0.3, -0.25) is 14.4 Å². The highest BCUT2D eigenvalue weighted by Crippen LogP contribution is 2.29. The van der Waals surface area contributed by atoms with Crippen molar-refractivity contribution in [2.45, 2.75) is 108 Å². The molecule has 0 bridgehead atoms. The van der Waals surface area contributed by atoms with Gasteiger partial charge in [0.1, 0.15) is 24.1 Å². The molecule has 0 aliphatic carbocycles. The van der Waals surface area contributed by atoms with Gasteiger partial charge < -0.3 is 56.9 Å². The van der Waals surface area contributed by atoms with E-state index >= 15 is 0 Å². The predicted molar refractivity (Wildman–Crippen MR) is 183 cm³/mol. The lowest BCUT2D eigenvalue weighted by atomic mass is 10.0. The van der Waals surface area contributed by atoms with Crippen LogP contribution in [0.5, 0.6) is 5.75 Å². The SMILES string of the molecule is COc1cc(N)c(Cl)cc1C(=O)NC1CCN(CCCCCC(=O)NCCCCCCCC(=O)NC[C@H](O)[C@@H](O)[C@H](O)[C@H](O)CO)CC1. The van der Waals surface area contributed by atoms with Crippen LogP contribution in [-0.4, -0.2) is 125 Å². The number of carbonyl (C=O) groups excluding carboxylic acids is 3. The van der Waals surface area contributed by atoms with Crippen molar-refractivity contribution in [3.63, 3.8) is 0 Å². The van der Waals surface area contributed by atoms with E-state index < -0.39 is 31.0 Å². The van der Waals surface area contributed by atoms with Crippen molar-refractivity contribution in [1.29, 1.82) is 0 Å². The number of aliphatic hydroxyl groups is 5. The average Bonchev–Trinajstić information content (AvgIpc) is 3.08. The number of aliphatic hydroxyl groups excluding tert-OH is 5. The van der Waals surface area contributed by atoms with Crippen molar-refractivity contribution < 1.29 is 44.7 Å². The summed E-state index contributed by atoms with van der Waals surface area (Å²) in [5.74, 6) is -0.0569. The van der Waals surface area contributed by atoms with Gasteiger partial charge in [-0.05, 0) is 51.1 Å². The molecule has 15 heteroatoms. The van der Waals surface area contributed by atoms with Crippen molar-refractivity contribution in [3.05, 3.63) is 22.7 Å². The molecule has 1 aliphatic heterocycles. The fraction of sp³-hybridized carbons (Fsp3) is 0.727. The minimum absolute atomic E-state index is 0.0629. The molecule has 0 unspecified atom stereocenters. The molecular formula is C33H56ClN5O9. The van der Waals surface area contributed by atoms with Crippen LogP contribution in [-0.2, 0) is 9.59 Å². The number of nitrogen functional groups attached to an aromatic ring is 1. The molecule has 0 radical (unpaired) electrons. The molecule has 1 aliphatic rings. The maximum atomic E-state index is 12.8. The number of rotatable bonds is 23. The van der Waals surface area contributed by atoms with Gasteiger partial charge in [0, 0.05) is 51.1 Å². The second-order valence-electron chi connectivity index (χ2n) is 12.4. The summed E-state index contributed by atoms with van der Waals surface area (Å²) in [7, 11) is 1.49. The van der Waals surface area contributed by atoms with Gasteiger partial charge in [-0.2, -0.15) is 0 Å². The van der Waals surface area contributed by atoms with Crippen molar-refractivity contribution in [1.82, 2.24) is 20.9 Å². The van der Waals surface area contributed by atoms with E-state index in [9.17, 15) is 34.8 Å². The number of carbonyl (C=O) groups is 3. The van der Waals surface area contributed by atoms with E-state index in [-0.39, 0.29) is 36.7 Å². The molecule has 10 N–H and O–H groups in total. The molecule has 1 fully saturated rings. The van der Waals surface area contributed by atoms with Gasteiger partial charge in [-0.1, -0.05) is 37.3 Å². The topological polar surface area (TPSA) is 227 Å². The lowest BCUT2D eigenvalue weighted by Crippen LogP contribution is -2.49. The highest BCUT2D eigenvalue weighted by Gasteiger charge is 2.30. The quantitative estimate of drug-likeness (QED) is 0.0570. The Morgan fingerprint density at radius 2 is 1.48 bits per heavy atom. The Balaban J connectivity index is 1.43. The number of hydrogen-bond donors (Lipinski definition) is 9. The van der Waals surface area contributed by atoms with Crippen molar-refractivity contribution in [2.75, 3.05) is 52.2 Å². The lowest BCUT2D eigenvalue weighted by Gasteiger charge is -2.32. The van der Waals surface area contributed by atoms with E-state index in [2.05, 4.69) is 20.9 Å². The average molecular weight is 702 g/mol. The molecule has 0 spiro atoms. The fourth-order valence-electron chi connectivity index (χ4n) is 5.53. The first kappa shape index (κ1) is 41.5. The molecule has 0 saturated carbocycles. The first-order valence-corrected chi connectivity index (χ1v) is 17.4. The molecule has 1 saturated heterocycles. The van der Waals surface area contributed by atoms with Crippen LogP contribution in [0.2, 0.25) is 5.02 Å². The molecule has 14 nitrogen and oxygen atoms in total. The molecule has 274 valence electrons. The highest BCUT2D eigenvalue weighted by atomic mass is 35.5. The second-order valence-corrected chi connectivity index (χ2v) is 12.9. The maximum Gasteiger partial charge on any atom is 0.255 e. The Hall–Kier alpha value is -2.72.